The summed E-state index contributed by atoms with van der Waals surface area (Å²) in [6.45, 7) is 5.02. The lowest BCUT2D eigenvalue weighted by atomic mass is 10.2. The molecule has 1 heterocycles. The smallest absolute Gasteiger partial charge is 0.223 e. The molecular weight excluding hydrogens is 220 g/mol. The summed E-state index contributed by atoms with van der Waals surface area (Å²) >= 11 is 1.71. The number of carbonyl (C=O) groups is 1. The van der Waals surface area contributed by atoms with Gasteiger partial charge in [-0.05, 0) is 12.8 Å². The zero-order valence-corrected chi connectivity index (χ0v) is 10.6. The van der Waals surface area contributed by atoms with E-state index in [0.29, 0.717) is 11.8 Å². The van der Waals surface area contributed by atoms with Crippen molar-refractivity contribution < 1.29 is 4.79 Å². The molecule has 88 valence electrons. The van der Waals surface area contributed by atoms with Crippen molar-refractivity contribution in [2.75, 3.05) is 6.54 Å². The lowest BCUT2D eigenvalue weighted by Crippen LogP contribution is -2.26. The fraction of sp³-hybridized carbons (Fsp3) is 0.667. The lowest BCUT2D eigenvalue weighted by Gasteiger charge is -2.02. The van der Waals surface area contributed by atoms with Gasteiger partial charge in [-0.15, -0.1) is 11.3 Å². The van der Waals surface area contributed by atoms with Crippen LogP contribution in [0.25, 0.3) is 0 Å². The van der Waals surface area contributed by atoms with Crippen molar-refractivity contribution >= 4 is 17.2 Å². The standard InChI is InChI=1S/C12H18N2OS/c1-8(2)12-14-10(7-16-12)5-6-13-11(15)9-3-4-9/h7-9H,3-6H2,1-2H3,(H,13,15). The van der Waals surface area contributed by atoms with Crippen LogP contribution in [0.4, 0.5) is 0 Å². The van der Waals surface area contributed by atoms with Gasteiger partial charge in [0, 0.05) is 30.2 Å². The van der Waals surface area contributed by atoms with Crippen LogP contribution in [0.5, 0.6) is 0 Å². The predicted octanol–water partition coefficient (Wildman–Crippen LogP) is 2.34. The molecule has 0 unspecified atom stereocenters. The molecule has 16 heavy (non-hydrogen) atoms. The van der Waals surface area contributed by atoms with E-state index in [-0.39, 0.29) is 5.91 Å². The first-order valence-corrected chi connectivity index (χ1v) is 6.77. The number of carbonyl (C=O) groups excluding carboxylic acids is 1. The first kappa shape index (κ1) is 11.6. The monoisotopic (exact) mass is 238 g/mol. The van der Waals surface area contributed by atoms with Crippen LogP contribution >= 0.6 is 11.3 Å². The topological polar surface area (TPSA) is 42.0 Å². The van der Waals surface area contributed by atoms with Crippen molar-refractivity contribution in [3.05, 3.63) is 16.1 Å². The van der Waals surface area contributed by atoms with E-state index < -0.39 is 0 Å². The molecule has 1 aromatic rings. The molecular formula is C12H18N2OS. The number of rotatable bonds is 5. The molecule has 0 aromatic carbocycles. The molecule has 1 aliphatic rings. The maximum Gasteiger partial charge on any atom is 0.223 e. The third-order valence-electron chi connectivity index (χ3n) is 2.69. The third kappa shape index (κ3) is 3.04. The molecule has 0 spiro atoms. The molecule has 1 fully saturated rings. The minimum absolute atomic E-state index is 0.222. The summed E-state index contributed by atoms with van der Waals surface area (Å²) in [7, 11) is 0. The van der Waals surface area contributed by atoms with Gasteiger partial charge in [-0.3, -0.25) is 4.79 Å². The molecule has 1 aliphatic carbocycles. The molecule has 4 heteroatoms. The molecule has 0 radical (unpaired) electrons. The number of amides is 1. The normalized spacial score (nSPS) is 15.4. The summed E-state index contributed by atoms with van der Waals surface area (Å²) in [6.07, 6.45) is 2.99. The highest BCUT2D eigenvalue weighted by Crippen LogP contribution is 2.28. The lowest BCUT2D eigenvalue weighted by molar-refractivity contribution is -0.122. The molecule has 0 aliphatic heterocycles. The van der Waals surface area contributed by atoms with Crippen LogP contribution in [0.1, 0.15) is 43.3 Å². The number of nitrogens with one attached hydrogen (secondary N) is 1. The average Bonchev–Trinajstić information content (AvgIpc) is 2.98. The minimum Gasteiger partial charge on any atom is -0.355 e. The van der Waals surface area contributed by atoms with E-state index in [1.54, 1.807) is 11.3 Å². The van der Waals surface area contributed by atoms with E-state index in [1.165, 1.54) is 5.01 Å². The van der Waals surface area contributed by atoms with Gasteiger partial charge in [0.25, 0.3) is 0 Å². The van der Waals surface area contributed by atoms with Crippen LogP contribution in [0.15, 0.2) is 5.38 Å². The van der Waals surface area contributed by atoms with Crippen molar-refractivity contribution in [1.82, 2.24) is 10.3 Å². The summed E-state index contributed by atoms with van der Waals surface area (Å²) in [6, 6.07) is 0. The fourth-order valence-corrected chi connectivity index (χ4v) is 2.38. The number of thiazole rings is 1. The summed E-state index contributed by atoms with van der Waals surface area (Å²) in [4.78, 5) is 15.9. The first-order chi connectivity index (χ1) is 7.66. The highest BCUT2D eigenvalue weighted by molar-refractivity contribution is 7.09. The largest absolute Gasteiger partial charge is 0.355 e. The maximum atomic E-state index is 11.4. The van der Waals surface area contributed by atoms with Crippen LogP contribution in [-0.4, -0.2) is 17.4 Å². The number of aromatic nitrogens is 1. The Labute approximate surface area is 100 Å². The van der Waals surface area contributed by atoms with E-state index >= 15 is 0 Å². The second-order valence-electron chi connectivity index (χ2n) is 4.65. The summed E-state index contributed by atoms with van der Waals surface area (Å²) in [5, 5.41) is 6.24. The van der Waals surface area contributed by atoms with Gasteiger partial charge in [-0.2, -0.15) is 0 Å². The molecule has 3 nitrogen and oxygen atoms in total. The van der Waals surface area contributed by atoms with Crippen LogP contribution in [0.2, 0.25) is 0 Å². The van der Waals surface area contributed by atoms with E-state index in [0.717, 1.165) is 31.5 Å². The van der Waals surface area contributed by atoms with Crippen molar-refractivity contribution in [1.29, 1.82) is 0 Å². The molecule has 1 aromatic heterocycles. The van der Waals surface area contributed by atoms with E-state index in [9.17, 15) is 4.79 Å². The van der Waals surface area contributed by atoms with Gasteiger partial charge in [0.15, 0.2) is 0 Å². The van der Waals surface area contributed by atoms with Crippen molar-refractivity contribution in [3.8, 4) is 0 Å². The van der Waals surface area contributed by atoms with E-state index in [1.807, 2.05) is 0 Å². The average molecular weight is 238 g/mol. The van der Waals surface area contributed by atoms with E-state index in [2.05, 4.69) is 29.5 Å². The Morgan fingerprint density at radius 3 is 2.94 bits per heavy atom. The molecule has 1 amide bonds. The maximum absolute atomic E-state index is 11.4. The van der Waals surface area contributed by atoms with Crippen molar-refractivity contribution in [3.63, 3.8) is 0 Å². The van der Waals surface area contributed by atoms with Gasteiger partial charge in [0.05, 0.1) is 10.7 Å². The number of hydrogen-bond donors (Lipinski definition) is 1. The highest BCUT2D eigenvalue weighted by atomic mass is 32.1. The first-order valence-electron chi connectivity index (χ1n) is 5.89. The van der Waals surface area contributed by atoms with Crippen molar-refractivity contribution in [2.45, 2.75) is 39.0 Å². The second kappa shape index (κ2) is 4.95. The second-order valence-corrected chi connectivity index (χ2v) is 5.54. The highest BCUT2D eigenvalue weighted by Gasteiger charge is 2.28. The quantitative estimate of drug-likeness (QED) is 0.855. The van der Waals surface area contributed by atoms with E-state index in [4.69, 9.17) is 0 Å². The molecule has 1 saturated carbocycles. The summed E-state index contributed by atoms with van der Waals surface area (Å²) in [5.74, 6) is 1.03. The molecule has 0 bridgehead atoms. The van der Waals surface area contributed by atoms with Crippen LogP contribution in [0, 0.1) is 5.92 Å². The SMILES string of the molecule is CC(C)c1nc(CCNC(=O)C2CC2)cs1. The van der Waals surface area contributed by atoms with Gasteiger partial charge >= 0.3 is 0 Å². The van der Waals surface area contributed by atoms with Crippen LogP contribution in [0.3, 0.4) is 0 Å². The van der Waals surface area contributed by atoms with Crippen LogP contribution in [-0.2, 0) is 11.2 Å². The Hall–Kier alpha value is -0.900. The zero-order valence-electron chi connectivity index (χ0n) is 9.82. The Balaban J connectivity index is 1.73. The summed E-state index contributed by atoms with van der Waals surface area (Å²) in [5.41, 5.74) is 1.10. The Morgan fingerprint density at radius 2 is 2.38 bits per heavy atom. The predicted molar refractivity (Wildman–Crippen MR) is 65.6 cm³/mol. The Bertz CT molecular complexity index is 369. The zero-order chi connectivity index (χ0) is 11.5. The van der Waals surface area contributed by atoms with Crippen molar-refractivity contribution in [2.24, 2.45) is 5.92 Å². The van der Waals surface area contributed by atoms with Gasteiger partial charge in [0.1, 0.15) is 0 Å². The fourth-order valence-electron chi connectivity index (χ4n) is 1.51. The molecule has 0 saturated heterocycles. The summed E-state index contributed by atoms with van der Waals surface area (Å²) < 4.78 is 0. The Kier molecular flexibility index (Phi) is 3.59. The van der Waals surface area contributed by atoms with Gasteiger partial charge in [0.2, 0.25) is 5.91 Å². The van der Waals surface area contributed by atoms with Gasteiger partial charge < -0.3 is 5.32 Å². The number of hydrogen-bond acceptors (Lipinski definition) is 3. The Morgan fingerprint density at radius 1 is 1.62 bits per heavy atom. The van der Waals surface area contributed by atoms with Crippen LogP contribution < -0.4 is 5.32 Å². The molecule has 0 atom stereocenters. The van der Waals surface area contributed by atoms with Gasteiger partial charge in [-0.1, -0.05) is 13.8 Å². The minimum atomic E-state index is 0.222. The molecule has 2 rings (SSSR count). The third-order valence-corrected chi connectivity index (χ3v) is 3.89. The number of nitrogens with zero attached hydrogens (tertiary/aromatic N) is 1. The molecule has 1 N–H and O–H groups in total. The van der Waals surface area contributed by atoms with Gasteiger partial charge in [-0.25, -0.2) is 4.98 Å².